The highest BCUT2D eigenvalue weighted by atomic mass is 32.5. The lowest BCUT2D eigenvalue weighted by Gasteiger charge is -2.34. The minimum Gasteiger partial charge on any atom is -0.315 e. The zero-order chi connectivity index (χ0) is 12.1. The maximum Gasteiger partial charge on any atom is 0.264 e. The summed E-state index contributed by atoms with van der Waals surface area (Å²) < 4.78 is 13.8. The van der Waals surface area contributed by atoms with Gasteiger partial charge in [0.2, 0.25) is 0 Å². The first kappa shape index (κ1) is 15.5. The van der Waals surface area contributed by atoms with E-state index in [1.165, 1.54) is 0 Å². The molecule has 0 aromatic heterocycles. The lowest BCUT2D eigenvalue weighted by Crippen LogP contribution is -2.25. The number of rotatable bonds is 7. The van der Waals surface area contributed by atoms with Crippen LogP contribution in [0.15, 0.2) is 0 Å². The van der Waals surface area contributed by atoms with Crippen LogP contribution < -0.4 is 0 Å². The summed E-state index contributed by atoms with van der Waals surface area (Å²) in [6.45, 7) is 11.6. The van der Waals surface area contributed by atoms with E-state index in [1.54, 1.807) is 0 Å². The molecule has 0 spiro atoms. The Morgan fingerprint density at radius 1 is 1.00 bits per heavy atom. The molecule has 0 amide bonds. The van der Waals surface area contributed by atoms with Crippen LogP contribution in [0, 0.1) is 0 Å². The van der Waals surface area contributed by atoms with Gasteiger partial charge in [0.25, 0.3) is 6.64 Å². The van der Waals surface area contributed by atoms with Crippen LogP contribution in [0.3, 0.4) is 0 Å². The Kier molecular flexibility index (Phi) is 7.22. The molecule has 0 aliphatic carbocycles. The minimum atomic E-state index is -2.28. The highest BCUT2D eigenvalue weighted by molar-refractivity contribution is 8.08. The standard InChI is InChI=1S/C10H24NO2PS/c1-7-11(8-2)14(15,12-9(3)4)13-10(5)6/h9-10H,7-8H2,1-6H3. The fraction of sp³-hybridized carbons (Fsp3) is 1.00. The fourth-order valence-corrected chi connectivity index (χ4v) is 5.06. The van der Waals surface area contributed by atoms with Crippen LogP contribution in [0.2, 0.25) is 0 Å². The SMILES string of the molecule is CCN(CC)P(=S)(OC(C)C)OC(C)C. The Balaban J connectivity index is 4.74. The minimum absolute atomic E-state index is 0.107. The summed E-state index contributed by atoms with van der Waals surface area (Å²) in [7, 11) is 0. The molecule has 0 radical (unpaired) electrons. The van der Waals surface area contributed by atoms with Gasteiger partial charge in [-0.05, 0) is 39.5 Å². The Hall–Kier alpha value is 0.530. The summed E-state index contributed by atoms with van der Waals surface area (Å²) in [6, 6.07) is 0. The Labute approximate surface area is 99.4 Å². The van der Waals surface area contributed by atoms with E-state index < -0.39 is 6.64 Å². The molecule has 15 heavy (non-hydrogen) atoms. The van der Waals surface area contributed by atoms with Gasteiger partial charge in [-0.3, -0.25) is 0 Å². The van der Waals surface area contributed by atoms with Gasteiger partial charge < -0.3 is 9.05 Å². The molecule has 0 aromatic carbocycles. The summed E-state index contributed by atoms with van der Waals surface area (Å²) >= 11 is 5.57. The largest absolute Gasteiger partial charge is 0.315 e. The van der Waals surface area contributed by atoms with Crippen molar-refractivity contribution >= 4 is 18.4 Å². The molecule has 0 aliphatic rings. The Morgan fingerprint density at radius 3 is 1.53 bits per heavy atom. The van der Waals surface area contributed by atoms with Gasteiger partial charge in [0.1, 0.15) is 0 Å². The van der Waals surface area contributed by atoms with Gasteiger partial charge in [-0.25, -0.2) is 4.67 Å². The van der Waals surface area contributed by atoms with Crippen molar-refractivity contribution in [1.29, 1.82) is 0 Å². The van der Waals surface area contributed by atoms with Crippen molar-refractivity contribution in [2.45, 2.75) is 53.8 Å². The van der Waals surface area contributed by atoms with Crippen molar-refractivity contribution in [2.24, 2.45) is 0 Å². The molecule has 0 rings (SSSR count). The average molecular weight is 253 g/mol. The zero-order valence-corrected chi connectivity index (χ0v) is 12.4. The molecular formula is C10H24NO2PS. The topological polar surface area (TPSA) is 21.7 Å². The molecular weight excluding hydrogens is 229 g/mol. The molecule has 0 saturated heterocycles. The van der Waals surface area contributed by atoms with Crippen molar-refractivity contribution in [1.82, 2.24) is 4.67 Å². The van der Waals surface area contributed by atoms with Crippen LogP contribution >= 0.6 is 6.64 Å². The van der Waals surface area contributed by atoms with E-state index in [0.717, 1.165) is 13.1 Å². The first-order valence-corrected chi connectivity index (χ1v) is 8.17. The van der Waals surface area contributed by atoms with Gasteiger partial charge in [-0.2, -0.15) is 0 Å². The van der Waals surface area contributed by atoms with Gasteiger partial charge in [0.05, 0.1) is 12.2 Å². The normalized spacial score (nSPS) is 13.1. The summed E-state index contributed by atoms with van der Waals surface area (Å²) in [5.74, 6) is 0. The monoisotopic (exact) mass is 253 g/mol. The van der Waals surface area contributed by atoms with Crippen LogP contribution in [-0.2, 0) is 20.9 Å². The summed E-state index contributed by atoms with van der Waals surface area (Å²) in [5.41, 5.74) is 0. The molecule has 0 fully saturated rings. The van der Waals surface area contributed by atoms with Gasteiger partial charge >= 0.3 is 0 Å². The van der Waals surface area contributed by atoms with E-state index in [0.29, 0.717) is 0 Å². The zero-order valence-electron chi connectivity index (χ0n) is 10.7. The fourth-order valence-electron chi connectivity index (χ4n) is 1.26. The second kappa shape index (κ2) is 6.97. The Morgan fingerprint density at radius 2 is 1.33 bits per heavy atom. The van der Waals surface area contributed by atoms with E-state index >= 15 is 0 Å². The molecule has 0 atom stereocenters. The van der Waals surface area contributed by atoms with Crippen molar-refractivity contribution < 1.29 is 9.05 Å². The van der Waals surface area contributed by atoms with Crippen molar-refractivity contribution in [3.8, 4) is 0 Å². The average Bonchev–Trinajstić information content (AvgIpc) is 2.01. The maximum atomic E-state index is 5.82. The summed E-state index contributed by atoms with van der Waals surface area (Å²) in [5, 5.41) is 0. The maximum absolute atomic E-state index is 5.82. The molecule has 0 aromatic rings. The van der Waals surface area contributed by atoms with Crippen LogP contribution in [-0.4, -0.2) is 30.0 Å². The number of hydrogen-bond acceptors (Lipinski definition) is 3. The number of nitrogens with zero attached hydrogens (tertiary/aromatic N) is 1. The van der Waals surface area contributed by atoms with Crippen LogP contribution in [0.25, 0.3) is 0 Å². The second-order valence-electron chi connectivity index (χ2n) is 3.92. The first-order chi connectivity index (χ1) is 6.85. The molecule has 0 saturated carbocycles. The quantitative estimate of drug-likeness (QED) is 0.648. The van der Waals surface area contributed by atoms with Crippen LogP contribution in [0.5, 0.6) is 0 Å². The van der Waals surface area contributed by atoms with Crippen LogP contribution in [0.1, 0.15) is 41.5 Å². The van der Waals surface area contributed by atoms with Gasteiger partial charge in [0, 0.05) is 13.1 Å². The molecule has 92 valence electrons. The predicted molar refractivity (Wildman–Crippen MR) is 69.6 cm³/mol. The highest BCUT2D eigenvalue weighted by Crippen LogP contribution is 2.53. The first-order valence-electron chi connectivity index (χ1n) is 5.58. The number of hydrogen-bond donors (Lipinski definition) is 0. The van der Waals surface area contributed by atoms with Crippen LogP contribution in [0.4, 0.5) is 0 Å². The lowest BCUT2D eigenvalue weighted by atomic mass is 10.5. The van der Waals surface area contributed by atoms with Gasteiger partial charge in [-0.1, -0.05) is 13.8 Å². The van der Waals surface area contributed by atoms with Crippen molar-refractivity contribution in [3.05, 3.63) is 0 Å². The third kappa shape index (κ3) is 5.41. The van der Waals surface area contributed by atoms with Gasteiger partial charge in [0.15, 0.2) is 0 Å². The highest BCUT2D eigenvalue weighted by Gasteiger charge is 2.28. The van der Waals surface area contributed by atoms with E-state index in [4.69, 9.17) is 20.9 Å². The molecule has 0 N–H and O–H groups in total. The van der Waals surface area contributed by atoms with Crippen molar-refractivity contribution in [3.63, 3.8) is 0 Å². The molecule has 0 heterocycles. The van der Waals surface area contributed by atoms with E-state index in [2.05, 4.69) is 18.5 Å². The molecule has 3 nitrogen and oxygen atoms in total. The predicted octanol–water partition coefficient (Wildman–Crippen LogP) is 3.40. The molecule has 0 unspecified atom stereocenters. The van der Waals surface area contributed by atoms with E-state index in [9.17, 15) is 0 Å². The van der Waals surface area contributed by atoms with Gasteiger partial charge in [-0.15, -0.1) is 0 Å². The molecule has 5 heteroatoms. The van der Waals surface area contributed by atoms with E-state index in [-0.39, 0.29) is 12.2 Å². The molecule has 0 bridgehead atoms. The summed E-state index contributed by atoms with van der Waals surface area (Å²) in [6.07, 6.45) is 0.213. The van der Waals surface area contributed by atoms with Crippen molar-refractivity contribution in [2.75, 3.05) is 13.1 Å². The third-order valence-electron chi connectivity index (χ3n) is 1.76. The smallest absolute Gasteiger partial charge is 0.264 e. The summed E-state index contributed by atoms with van der Waals surface area (Å²) in [4.78, 5) is 0. The van der Waals surface area contributed by atoms with E-state index in [1.807, 2.05) is 27.7 Å². The lowest BCUT2D eigenvalue weighted by molar-refractivity contribution is 0.144. The Bertz CT molecular complexity index is 203. The second-order valence-corrected chi connectivity index (χ2v) is 7.22. The molecule has 0 aliphatic heterocycles. The third-order valence-corrected chi connectivity index (χ3v) is 5.61.